The highest BCUT2D eigenvalue weighted by Crippen LogP contribution is 2.13. The topological polar surface area (TPSA) is 47.0 Å². The van der Waals surface area contributed by atoms with Gasteiger partial charge in [-0.05, 0) is 12.5 Å². The van der Waals surface area contributed by atoms with E-state index in [1.54, 1.807) is 6.07 Å². The van der Waals surface area contributed by atoms with Crippen LogP contribution in [0, 0.1) is 0 Å². The Morgan fingerprint density at radius 2 is 2.00 bits per heavy atom. The van der Waals surface area contributed by atoms with Crippen molar-refractivity contribution in [3.8, 4) is 0 Å². The number of ether oxygens (including phenoxy) is 1. The number of hydrogen-bond acceptors (Lipinski definition) is 4. The summed E-state index contributed by atoms with van der Waals surface area (Å²) < 4.78 is 5.28. The van der Waals surface area contributed by atoms with E-state index in [9.17, 15) is 0 Å². The third-order valence-electron chi connectivity index (χ3n) is 2.49. The summed E-state index contributed by atoms with van der Waals surface area (Å²) in [4.78, 5) is 8.47. The van der Waals surface area contributed by atoms with E-state index in [0.29, 0.717) is 36.6 Å². The summed E-state index contributed by atoms with van der Waals surface area (Å²) in [6.07, 6.45) is 0. The molecule has 0 aliphatic heterocycles. The van der Waals surface area contributed by atoms with E-state index in [2.05, 4.69) is 27.4 Å². The van der Waals surface area contributed by atoms with E-state index in [4.69, 9.17) is 16.3 Å². The van der Waals surface area contributed by atoms with Crippen molar-refractivity contribution < 1.29 is 4.74 Å². The second-order valence-electron chi connectivity index (χ2n) is 3.97. The summed E-state index contributed by atoms with van der Waals surface area (Å²) in [5.41, 5.74) is 1.18. The summed E-state index contributed by atoms with van der Waals surface area (Å²) in [7, 11) is 0. The fourth-order valence-corrected chi connectivity index (χ4v) is 1.80. The maximum absolute atomic E-state index is 5.96. The highest BCUT2D eigenvalue weighted by Gasteiger charge is 2.03. The van der Waals surface area contributed by atoms with Gasteiger partial charge in [0.1, 0.15) is 17.6 Å². The van der Waals surface area contributed by atoms with Gasteiger partial charge in [0.25, 0.3) is 0 Å². The first-order valence-corrected chi connectivity index (χ1v) is 6.54. The molecule has 4 nitrogen and oxygen atoms in total. The van der Waals surface area contributed by atoms with Crippen molar-refractivity contribution in [1.82, 2.24) is 9.97 Å². The third-order valence-corrected chi connectivity index (χ3v) is 2.69. The van der Waals surface area contributed by atoms with Crippen LogP contribution in [0.1, 0.15) is 18.3 Å². The molecule has 1 aromatic carbocycles. The average Bonchev–Trinajstić information content (AvgIpc) is 2.43. The van der Waals surface area contributed by atoms with E-state index >= 15 is 0 Å². The first-order chi connectivity index (χ1) is 9.28. The van der Waals surface area contributed by atoms with Crippen LogP contribution in [0.3, 0.4) is 0 Å². The lowest BCUT2D eigenvalue weighted by Crippen LogP contribution is -2.05. The molecule has 1 heterocycles. The SMILES string of the molecule is CCOCc1nc(Cl)cc(NCc2ccccc2)n1. The number of halogens is 1. The van der Waals surface area contributed by atoms with E-state index in [0.717, 1.165) is 0 Å². The van der Waals surface area contributed by atoms with Crippen LogP contribution < -0.4 is 5.32 Å². The van der Waals surface area contributed by atoms with Gasteiger partial charge in [0.15, 0.2) is 5.82 Å². The van der Waals surface area contributed by atoms with Crippen LogP contribution >= 0.6 is 11.6 Å². The zero-order valence-electron chi connectivity index (χ0n) is 10.8. The fraction of sp³-hybridized carbons (Fsp3) is 0.286. The van der Waals surface area contributed by atoms with Gasteiger partial charge in [0, 0.05) is 19.2 Å². The predicted octanol–water partition coefficient (Wildman–Crippen LogP) is 3.28. The second-order valence-corrected chi connectivity index (χ2v) is 4.36. The van der Waals surface area contributed by atoms with Crippen LogP contribution in [0.5, 0.6) is 0 Å². The van der Waals surface area contributed by atoms with Crippen molar-refractivity contribution in [3.05, 3.63) is 52.9 Å². The van der Waals surface area contributed by atoms with Crippen LogP contribution in [-0.2, 0) is 17.9 Å². The van der Waals surface area contributed by atoms with Crippen LogP contribution in [0.2, 0.25) is 5.15 Å². The molecular formula is C14H16ClN3O. The molecule has 0 bridgehead atoms. The number of rotatable bonds is 6. The molecule has 0 saturated carbocycles. The maximum atomic E-state index is 5.96. The van der Waals surface area contributed by atoms with Gasteiger partial charge in [-0.25, -0.2) is 9.97 Å². The quantitative estimate of drug-likeness (QED) is 0.823. The highest BCUT2D eigenvalue weighted by atomic mass is 35.5. The monoisotopic (exact) mass is 277 g/mol. The van der Waals surface area contributed by atoms with E-state index < -0.39 is 0 Å². The summed E-state index contributed by atoms with van der Waals surface area (Å²) >= 11 is 5.96. The molecule has 0 saturated heterocycles. The number of nitrogens with one attached hydrogen (secondary N) is 1. The highest BCUT2D eigenvalue weighted by molar-refractivity contribution is 6.29. The lowest BCUT2D eigenvalue weighted by atomic mass is 10.2. The van der Waals surface area contributed by atoms with Crippen LogP contribution in [0.15, 0.2) is 36.4 Å². The van der Waals surface area contributed by atoms with Gasteiger partial charge >= 0.3 is 0 Å². The molecule has 2 aromatic rings. The normalized spacial score (nSPS) is 10.4. The van der Waals surface area contributed by atoms with Crippen molar-refractivity contribution in [2.24, 2.45) is 0 Å². The Labute approximate surface area is 117 Å². The Morgan fingerprint density at radius 3 is 2.74 bits per heavy atom. The van der Waals surface area contributed by atoms with E-state index in [1.165, 1.54) is 5.56 Å². The molecule has 1 N–H and O–H groups in total. The Morgan fingerprint density at radius 1 is 1.21 bits per heavy atom. The van der Waals surface area contributed by atoms with Crippen molar-refractivity contribution in [2.75, 3.05) is 11.9 Å². The van der Waals surface area contributed by atoms with Gasteiger partial charge in [-0.2, -0.15) is 0 Å². The summed E-state index contributed by atoms with van der Waals surface area (Å²) in [5.74, 6) is 1.29. The minimum atomic E-state index is 0.372. The number of nitrogens with zero attached hydrogens (tertiary/aromatic N) is 2. The summed E-state index contributed by atoms with van der Waals surface area (Å²) in [6.45, 7) is 3.63. The molecule has 0 aliphatic rings. The smallest absolute Gasteiger partial charge is 0.158 e. The lowest BCUT2D eigenvalue weighted by Gasteiger charge is -2.08. The summed E-state index contributed by atoms with van der Waals surface area (Å²) in [6, 6.07) is 11.8. The Hall–Kier alpha value is -1.65. The second kappa shape index (κ2) is 7.07. The molecule has 0 fully saturated rings. The molecule has 0 amide bonds. The standard InChI is InChI=1S/C14H16ClN3O/c1-2-19-10-14-17-12(15)8-13(18-14)16-9-11-6-4-3-5-7-11/h3-8H,2,9-10H2,1H3,(H,16,17,18). The van der Waals surface area contributed by atoms with Gasteiger partial charge < -0.3 is 10.1 Å². The fourth-order valence-electron chi connectivity index (χ4n) is 1.60. The zero-order chi connectivity index (χ0) is 13.5. The minimum absolute atomic E-state index is 0.372. The third kappa shape index (κ3) is 4.50. The van der Waals surface area contributed by atoms with Gasteiger partial charge in [-0.1, -0.05) is 41.9 Å². The Balaban J connectivity index is 2.01. The van der Waals surface area contributed by atoms with Crippen molar-refractivity contribution in [2.45, 2.75) is 20.1 Å². The molecular weight excluding hydrogens is 262 g/mol. The lowest BCUT2D eigenvalue weighted by molar-refractivity contribution is 0.128. The van der Waals surface area contributed by atoms with Crippen LogP contribution in [-0.4, -0.2) is 16.6 Å². The molecule has 1 aromatic heterocycles. The number of aromatic nitrogens is 2. The molecule has 0 atom stereocenters. The van der Waals surface area contributed by atoms with Crippen LogP contribution in [0.25, 0.3) is 0 Å². The van der Waals surface area contributed by atoms with Gasteiger partial charge in [-0.15, -0.1) is 0 Å². The zero-order valence-corrected chi connectivity index (χ0v) is 11.5. The molecule has 2 rings (SSSR count). The average molecular weight is 278 g/mol. The number of hydrogen-bond donors (Lipinski definition) is 1. The molecule has 0 unspecified atom stereocenters. The van der Waals surface area contributed by atoms with E-state index in [1.807, 2.05) is 25.1 Å². The number of anilines is 1. The van der Waals surface area contributed by atoms with Crippen molar-refractivity contribution >= 4 is 17.4 Å². The minimum Gasteiger partial charge on any atom is -0.374 e. The molecule has 0 spiro atoms. The Bertz CT molecular complexity index is 519. The maximum Gasteiger partial charge on any atom is 0.158 e. The van der Waals surface area contributed by atoms with Gasteiger partial charge in [-0.3, -0.25) is 0 Å². The predicted molar refractivity (Wildman–Crippen MR) is 76.1 cm³/mol. The molecule has 0 aliphatic carbocycles. The van der Waals surface area contributed by atoms with Gasteiger partial charge in [0.05, 0.1) is 0 Å². The molecule has 100 valence electrons. The van der Waals surface area contributed by atoms with Crippen molar-refractivity contribution in [3.63, 3.8) is 0 Å². The largest absolute Gasteiger partial charge is 0.374 e. The number of benzene rings is 1. The molecule has 5 heteroatoms. The molecule has 0 radical (unpaired) electrons. The Kier molecular flexibility index (Phi) is 5.12. The first kappa shape index (κ1) is 13.8. The van der Waals surface area contributed by atoms with Crippen LogP contribution in [0.4, 0.5) is 5.82 Å². The molecule has 19 heavy (non-hydrogen) atoms. The summed E-state index contributed by atoms with van der Waals surface area (Å²) in [5, 5.41) is 3.64. The van der Waals surface area contributed by atoms with Crippen molar-refractivity contribution in [1.29, 1.82) is 0 Å². The van der Waals surface area contributed by atoms with E-state index in [-0.39, 0.29) is 0 Å². The first-order valence-electron chi connectivity index (χ1n) is 6.17. The van der Waals surface area contributed by atoms with Gasteiger partial charge in [0.2, 0.25) is 0 Å².